The zero-order valence-electron chi connectivity index (χ0n) is 7.05. The summed E-state index contributed by atoms with van der Waals surface area (Å²) in [6.07, 6.45) is 0. The highest BCUT2D eigenvalue weighted by atomic mass is 16.5. The Morgan fingerprint density at radius 1 is 1.30 bits per heavy atom. The molecule has 0 aliphatic heterocycles. The minimum absolute atomic E-state index is 0.369. The standard InChI is InChI=1S/C8H10O2/c1-9-7-4-3-5-8(6-7)10-2/h3-6H,1-2H3/i4D. The molecule has 10 heavy (non-hydrogen) atoms. The van der Waals surface area contributed by atoms with Gasteiger partial charge in [0.05, 0.1) is 15.6 Å². The number of hydrogen-bond acceptors (Lipinski definition) is 2. The van der Waals surface area contributed by atoms with E-state index in [0.29, 0.717) is 17.5 Å². The Morgan fingerprint density at radius 2 is 2.00 bits per heavy atom. The van der Waals surface area contributed by atoms with Gasteiger partial charge in [0.25, 0.3) is 0 Å². The van der Waals surface area contributed by atoms with Crippen molar-refractivity contribution in [1.29, 1.82) is 0 Å². The van der Waals surface area contributed by atoms with Crippen LogP contribution in [-0.2, 0) is 0 Å². The molecule has 0 N–H and O–H groups in total. The Morgan fingerprint density at radius 3 is 2.60 bits per heavy atom. The first kappa shape index (κ1) is 5.59. The molecule has 0 spiro atoms. The van der Waals surface area contributed by atoms with Crippen LogP contribution in [-0.4, -0.2) is 14.2 Å². The fourth-order valence-electron chi connectivity index (χ4n) is 0.670. The molecular formula is C8H10O2. The van der Waals surface area contributed by atoms with Crippen molar-refractivity contribution < 1.29 is 10.8 Å². The van der Waals surface area contributed by atoms with Crippen LogP contribution in [0.5, 0.6) is 11.5 Å². The van der Waals surface area contributed by atoms with Crippen LogP contribution < -0.4 is 9.47 Å². The summed E-state index contributed by atoms with van der Waals surface area (Å²) in [5, 5.41) is 0. The maximum atomic E-state index is 7.36. The van der Waals surface area contributed by atoms with E-state index < -0.39 is 0 Å². The number of benzene rings is 1. The maximum absolute atomic E-state index is 7.36. The Balaban J connectivity index is 3.02. The van der Waals surface area contributed by atoms with Gasteiger partial charge in [-0.15, -0.1) is 0 Å². The van der Waals surface area contributed by atoms with Crippen LogP contribution in [0.2, 0.25) is 0 Å². The highest BCUT2D eigenvalue weighted by Gasteiger charge is 1.91. The molecule has 0 unspecified atom stereocenters. The van der Waals surface area contributed by atoms with E-state index >= 15 is 0 Å². The lowest BCUT2D eigenvalue weighted by Crippen LogP contribution is -1.84. The first-order valence-electron chi connectivity index (χ1n) is 3.46. The first-order chi connectivity index (χ1) is 5.27. The van der Waals surface area contributed by atoms with Crippen molar-refractivity contribution in [2.24, 2.45) is 0 Å². The highest BCUT2D eigenvalue weighted by molar-refractivity contribution is 5.32. The van der Waals surface area contributed by atoms with Crippen molar-refractivity contribution >= 4 is 0 Å². The van der Waals surface area contributed by atoms with Gasteiger partial charge in [0.1, 0.15) is 11.5 Å². The predicted molar refractivity (Wildman–Crippen MR) is 39.5 cm³/mol. The molecular weight excluding hydrogens is 128 g/mol. The summed E-state index contributed by atoms with van der Waals surface area (Å²) in [6, 6.07) is 5.42. The molecule has 0 aliphatic carbocycles. The van der Waals surface area contributed by atoms with Crippen LogP contribution in [0, 0.1) is 0 Å². The van der Waals surface area contributed by atoms with Gasteiger partial charge >= 0.3 is 0 Å². The van der Waals surface area contributed by atoms with Gasteiger partial charge < -0.3 is 9.47 Å². The molecule has 1 aromatic carbocycles. The Bertz CT molecular complexity index is 248. The van der Waals surface area contributed by atoms with Crippen molar-refractivity contribution in [3.05, 3.63) is 24.2 Å². The van der Waals surface area contributed by atoms with E-state index in [1.807, 2.05) is 0 Å². The summed E-state index contributed by atoms with van der Waals surface area (Å²) < 4.78 is 17.2. The van der Waals surface area contributed by atoms with E-state index in [1.54, 1.807) is 25.3 Å². The second kappa shape index (κ2) is 3.11. The maximum Gasteiger partial charge on any atom is 0.122 e. The zero-order chi connectivity index (χ0) is 8.27. The highest BCUT2D eigenvalue weighted by Crippen LogP contribution is 2.17. The van der Waals surface area contributed by atoms with E-state index in [9.17, 15) is 0 Å². The monoisotopic (exact) mass is 139 g/mol. The third-order valence-corrected chi connectivity index (χ3v) is 1.20. The van der Waals surface area contributed by atoms with Gasteiger partial charge in [0.2, 0.25) is 0 Å². The smallest absolute Gasteiger partial charge is 0.122 e. The molecule has 0 aliphatic rings. The fourth-order valence-corrected chi connectivity index (χ4v) is 0.670. The molecule has 2 heteroatoms. The molecule has 0 heterocycles. The minimum Gasteiger partial charge on any atom is -0.497 e. The van der Waals surface area contributed by atoms with Crippen LogP contribution in [0.25, 0.3) is 0 Å². The zero-order valence-corrected chi connectivity index (χ0v) is 6.05. The SMILES string of the molecule is [2H]c1ccc(OC)cc1OC. The van der Waals surface area contributed by atoms with E-state index in [-0.39, 0.29) is 0 Å². The lowest BCUT2D eigenvalue weighted by atomic mass is 10.3. The molecule has 0 aromatic heterocycles. The molecule has 0 fully saturated rings. The molecule has 54 valence electrons. The molecule has 0 saturated carbocycles. The molecule has 0 bridgehead atoms. The first-order valence-corrected chi connectivity index (χ1v) is 2.96. The molecule has 2 nitrogen and oxygen atoms in total. The van der Waals surface area contributed by atoms with Crippen LogP contribution in [0.15, 0.2) is 24.2 Å². The quantitative estimate of drug-likeness (QED) is 0.621. The normalized spacial score (nSPS) is 10.4. The van der Waals surface area contributed by atoms with Gasteiger partial charge in [0, 0.05) is 6.07 Å². The second-order valence-corrected chi connectivity index (χ2v) is 1.80. The number of rotatable bonds is 2. The van der Waals surface area contributed by atoms with Crippen molar-refractivity contribution in [1.82, 2.24) is 0 Å². The summed E-state index contributed by atoms with van der Waals surface area (Å²) in [4.78, 5) is 0. The van der Waals surface area contributed by atoms with Gasteiger partial charge in [0.15, 0.2) is 0 Å². The van der Waals surface area contributed by atoms with Crippen LogP contribution in [0.3, 0.4) is 0 Å². The van der Waals surface area contributed by atoms with Crippen molar-refractivity contribution in [3.8, 4) is 11.5 Å². The molecule has 1 aromatic rings. The van der Waals surface area contributed by atoms with Crippen LogP contribution in [0.1, 0.15) is 1.37 Å². The number of hydrogen-bond donors (Lipinski definition) is 0. The van der Waals surface area contributed by atoms with Gasteiger partial charge in [-0.2, -0.15) is 0 Å². The van der Waals surface area contributed by atoms with Crippen molar-refractivity contribution in [2.75, 3.05) is 14.2 Å². The molecule has 0 radical (unpaired) electrons. The number of methoxy groups -OCH3 is 2. The molecule has 1 rings (SSSR count). The fraction of sp³-hybridized carbons (Fsp3) is 0.250. The average molecular weight is 139 g/mol. The van der Waals surface area contributed by atoms with E-state index in [0.717, 1.165) is 0 Å². The van der Waals surface area contributed by atoms with Gasteiger partial charge in [-0.1, -0.05) is 6.07 Å². The Hall–Kier alpha value is -1.18. The minimum atomic E-state index is 0.369. The van der Waals surface area contributed by atoms with Crippen molar-refractivity contribution in [3.63, 3.8) is 0 Å². The van der Waals surface area contributed by atoms with E-state index in [1.165, 1.54) is 7.11 Å². The Labute approximate surface area is 61.8 Å². The number of ether oxygens (including phenoxy) is 2. The van der Waals surface area contributed by atoms with E-state index in [2.05, 4.69) is 0 Å². The summed E-state index contributed by atoms with van der Waals surface area (Å²) in [6.45, 7) is 0. The molecule has 0 saturated heterocycles. The van der Waals surface area contributed by atoms with Gasteiger partial charge in [-0.3, -0.25) is 0 Å². The Kier molecular flexibility index (Phi) is 1.74. The largest absolute Gasteiger partial charge is 0.497 e. The molecule has 0 atom stereocenters. The topological polar surface area (TPSA) is 18.5 Å². The van der Waals surface area contributed by atoms with Gasteiger partial charge in [-0.25, -0.2) is 0 Å². The lowest BCUT2D eigenvalue weighted by molar-refractivity contribution is 0.394. The summed E-state index contributed by atoms with van der Waals surface area (Å²) in [7, 11) is 3.12. The van der Waals surface area contributed by atoms with Gasteiger partial charge in [-0.05, 0) is 12.1 Å². The molecule has 0 amide bonds. The summed E-state index contributed by atoms with van der Waals surface area (Å²) >= 11 is 0. The predicted octanol–water partition coefficient (Wildman–Crippen LogP) is 1.70. The van der Waals surface area contributed by atoms with Crippen molar-refractivity contribution in [2.45, 2.75) is 0 Å². The lowest BCUT2D eigenvalue weighted by Gasteiger charge is -2.01. The third-order valence-electron chi connectivity index (χ3n) is 1.20. The summed E-state index contributed by atoms with van der Waals surface area (Å²) in [5.74, 6) is 1.24. The van der Waals surface area contributed by atoms with Crippen LogP contribution in [0.4, 0.5) is 0 Å². The second-order valence-electron chi connectivity index (χ2n) is 1.80. The van der Waals surface area contributed by atoms with E-state index in [4.69, 9.17) is 10.8 Å². The summed E-state index contributed by atoms with van der Waals surface area (Å²) in [5.41, 5.74) is 0. The average Bonchev–Trinajstić information content (AvgIpc) is 2.05. The third kappa shape index (κ3) is 1.41. The van der Waals surface area contributed by atoms with Crippen LogP contribution >= 0.6 is 0 Å².